The smallest absolute Gasteiger partial charge is 0.243 e. The lowest BCUT2D eigenvalue weighted by Crippen LogP contribution is -2.51. The van der Waals surface area contributed by atoms with Gasteiger partial charge in [-0.15, -0.1) is 11.8 Å². The average Bonchev–Trinajstić information content (AvgIpc) is 3.28. The standard InChI is InChI=1S/C26H33FN2O2S/c1-3-24(26(31)28-23-9-4-5-10-23)29(16-20-11-13-22(27)14-12-20)25(30)18-32-17-21-8-6-7-19(2)15-21/h6-8,11-15,23-24H,3-5,9-10,16-18H2,1-2H3,(H,28,31)/t24-/m0/s1. The Balaban J connectivity index is 1.69. The Hall–Kier alpha value is -2.34. The maximum Gasteiger partial charge on any atom is 0.243 e. The summed E-state index contributed by atoms with van der Waals surface area (Å²) in [5.74, 6) is 0.566. The molecular formula is C26H33FN2O2S. The molecule has 0 saturated heterocycles. The number of nitrogens with one attached hydrogen (secondary N) is 1. The lowest BCUT2D eigenvalue weighted by Gasteiger charge is -2.31. The van der Waals surface area contributed by atoms with E-state index in [1.54, 1.807) is 28.8 Å². The normalized spacial score (nSPS) is 14.8. The fraction of sp³-hybridized carbons (Fsp3) is 0.462. The number of carbonyl (C=O) groups is 2. The highest BCUT2D eigenvalue weighted by Gasteiger charge is 2.30. The van der Waals surface area contributed by atoms with Crippen LogP contribution >= 0.6 is 11.8 Å². The molecule has 4 nitrogen and oxygen atoms in total. The molecule has 6 heteroatoms. The molecule has 3 rings (SSSR count). The number of amides is 2. The Morgan fingerprint density at radius 2 is 1.84 bits per heavy atom. The minimum Gasteiger partial charge on any atom is -0.352 e. The first-order valence-corrected chi connectivity index (χ1v) is 12.6. The molecule has 1 saturated carbocycles. The van der Waals surface area contributed by atoms with E-state index in [9.17, 15) is 14.0 Å². The number of hydrogen-bond acceptors (Lipinski definition) is 3. The highest BCUT2D eigenvalue weighted by molar-refractivity contribution is 7.99. The highest BCUT2D eigenvalue weighted by atomic mass is 32.2. The first-order valence-electron chi connectivity index (χ1n) is 11.4. The molecule has 2 aromatic rings. The second-order valence-corrected chi connectivity index (χ2v) is 9.53. The Morgan fingerprint density at radius 3 is 2.50 bits per heavy atom. The van der Waals surface area contributed by atoms with Gasteiger partial charge >= 0.3 is 0 Å². The Kier molecular flexibility index (Phi) is 9.15. The van der Waals surface area contributed by atoms with Crippen molar-refractivity contribution in [1.29, 1.82) is 0 Å². The molecular weight excluding hydrogens is 423 g/mol. The van der Waals surface area contributed by atoms with E-state index in [1.807, 2.05) is 13.0 Å². The summed E-state index contributed by atoms with van der Waals surface area (Å²) in [6.45, 7) is 4.28. The van der Waals surface area contributed by atoms with Crippen LogP contribution in [0.4, 0.5) is 4.39 Å². The third-order valence-corrected chi connectivity index (χ3v) is 6.92. The number of aryl methyl sites for hydroxylation is 1. The minimum absolute atomic E-state index is 0.0691. The van der Waals surface area contributed by atoms with Crippen LogP contribution < -0.4 is 5.32 Å². The van der Waals surface area contributed by atoms with E-state index in [4.69, 9.17) is 0 Å². The SMILES string of the molecule is CC[C@@H](C(=O)NC1CCCC1)N(Cc1ccc(F)cc1)C(=O)CSCc1cccc(C)c1. The molecule has 0 heterocycles. The van der Waals surface area contributed by atoms with E-state index in [-0.39, 0.29) is 23.7 Å². The molecule has 0 aliphatic heterocycles. The fourth-order valence-corrected chi connectivity index (χ4v) is 5.07. The van der Waals surface area contributed by atoms with E-state index >= 15 is 0 Å². The number of benzene rings is 2. The zero-order chi connectivity index (χ0) is 22.9. The maximum absolute atomic E-state index is 13.4. The van der Waals surface area contributed by atoms with Crippen LogP contribution in [0.25, 0.3) is 0 Å². The Labute approximate surface area is 195 Å². The van der Waals surface area contributed by atoms with Gasteiger partial charge in [0.25, 0.3) is 0 Å². The molecule has 0 aromatic heterocycles. The van der Waals surface area contributed by atoms with Gasteiger partial charge in [0.1, 0.15) is 11.9 Å². The van der Waals surface area contributed by atoms with Crippen molar-refractivity contribution < 1.29 is 14.0 Å². The van der Waals surface area contributed by atoms with Gasteiger partial charge in [-0.3, -0.25) is 9.59 Å². The summed E-state index contributed by atoms with van der Waals surface area (Å²) in [4.78, 5) is 28.0. The summed E-state index contributed by atoms with van der Waals surface area (Å²) in [6, 6.07) is 14.1. The van der Waals surface area contributed by atoms with Crippen LogP contribution in [0.2, 0.25) is 0 Å². The van der Waals surface area contributed by atoms with Gasteiger partial charge in [0.05, 0.1) is 5.75 Å². The van der Waals surface area contributed by atoms with Crippen molar-refractivity contribution in [3.8, 4) is 0 Å². The molecule has 32 heavy (non-hydrogen) atoms. The third-order valence-electron chi connectivity index (χ3n) is 5.93. The van der Waals surface area contributed by atoms with Crippen molar-refractivity contribution >= 4 is 23.6 Å². The van der Waals surface area contributed by atoms with Crippen molar-refractivity contribution in [2.24, 2.45) is 0 Å². The zero-order valence-corrected chi connectivity index (χ0v) is 19.8. The third kappa shape index (κ3) is 7.09. The summed E-state index contributed by atoms with van der Waals surface area (Å²) in [7, 11) is 0. The predicted molar refractivity (Wildman–Crippen MR) is 129 cm³/mol. The quantitative estimate of drug-likeness (QED) is 0.532. The van der Waals surface area contributed by atoms with Crippen molar-refractivity contribution in [3.63, 3.8) is 0 Å². The second-order valence-electron chi connectivity index (χ2n) is 8.54. The molecule has 1 atom stereocenters. The van der Waals surface area contributed by atoms with Crippen LogP contribution in [0.15, 0.2) is 48.5 Å². The molecule has 0 radical (unpaired) electrons. The van der Waals surface area contributed by atoms with Gasteiger partial charge < -0.3 is 10.2 Å². The van der Waals surface area contributed by atoms with Gasteiger partial charge in [0, 0.05) is 18.3 Å². The van der Waals surface area contributed by atoms with Gasteiger partial charge in [-0.05, 0) is 49.4 Å². The van der Waals surface area contributed by atoms with Crippen molar-refractivity contribution in [1.82, 2.24) is 10.2 Å². The summed E-state index contributed by atoms with van der Waals surface area (Å²) in [6.07, 6.45) is 4.81. The van der Waals surface area contributed by atoms with Gasteiger partial charge in [-0.1, -0.05) is 61.7 Å². The Morgan fingerprint density at radius 1 is 1.12 bits per heavy atom. The van der Waals surface area contributed by atoms with E-state index in [0.29, 0.717) is 18.7 Å². The zero-order valence-electron chi connectivity index (χ0n) is 19.0. The van der Waals surface area contributed by atoms with E-state index in [2.05, 4.69) is 30.4 Å². The molecule has 2 amide bonds. The Bertz CT molecular complexity index is 897. The highest BCUT2D eigenvalue weighted by Crippen LogP contribution is 2.21. The van der Waals surface area contributed by atoms with Gasteiger partial charge in [-0.25, -0.2) is 4.39 Å². The molecule has 0 spiro atoms. The van der Waals surface area contributed by atoms with Crippen molar-refractivity contribution in [2.45, 2.75) is 70.3 Å². The molecule has 1 N–H and O–H groups in total. The van der Waals surface area contributed by atoms with Crippen molar-refractivity contribution in [3.05, 3.63) is 71.0 Å². The van der Waals surface area contributed by atoms with E-state index < -0.39 is 6.04 Å². The monoisotopic (exact) mass is 456 g/mol. The van der Waals surface area contributed by atoms with Crippen LogP contribution in [-0.4, -0.2) is 34.6 Å². The maximum atomic E-state index is 13.4. The molecule has 0 unspecified atom stereocenters. The molecule has 0 bridgehead atoms. The first-order chi connectivity index (χ1) is 15.5. The first kappa shape index (κ1) is 24.3. The van der Waals surface area contributed by atoms with Gasteiger partial charge in [-0.2, -0.15) is 0 Å². The van der Waals surface area contributed by atoms with Gasteiger partial charge in [0.15, 0.2) is 0 Å². The number of halogens is 1. The van der Waals surface area contributed by atoms with E-state index in [0.717, 1.165) is 37.0 Å². The largest absolute Gasteiger partial charge is 0.352 e. The molecule has 1 aliphatic carbocycles. The van der Waals surface area contributed by atoms with Crippen LogP contribution in [0.1, 0.15) is 55.7 Å². The van der Waals surface area contributed by atoms with Crippen LogP contribution in [0.3, 0.4) is 0 Å². The number of thioether (sulfide) groups is 1. The number of carbonyl (C=O) groups excluding carboxylic acids is 2. The molecule has 2 aromatic carbocycles. The lowest BCUT2D eigenvalue weighted by molar-refractivity contribution is -0.139. The molecule has 1 fully saturated rings. The van der Waals surface area contributed by atoms with Crippen LogP contribution in [0, 0.1) is 12.7 Å². The number of nitrogens with zero attached hydrogens (tertiary/aromatic N) is 1. The lowest BCUT2D eigenvalue weighted by atomic mass is 10.1. The predicted octanol–water partition coefficient (Wildman–Crippen LogP) is 5.23. The summed E-state index contributed by atoms with van der Waals surface area (Å²) < 4.78 is 13.4. The summed E-state index contributed by atoms with van der Waals surface area (Å²) >= 11 is 1.55. The van der Waals surface area contributed by atoms with E-state index in [1.165, 1.54) is 23.3 Å². The topological polar surface area (TPSA) is 49.4 Å². The molecule has 1 aliphatic rings. The van der Waals surface area contributed by atoms with Crippen molar-refractivity contribution in [2.75, 3.05) is 5.75 Å². The average molecular weight is 457 g/mol. The summed E-state index contributed by atoms with van der Waals surface area (Å²) in [5.41, 5.74) is 3.19. The summed E-state index contributed by atoms with van der Waals surface area (Å²) in [5, 5.41) is 3.15. The number of rotatable bonds is 10. The van der Waals surface area contributed by atoms with Crippen LogP contribution in [-0.2, 0) is 21.9 Å². The number of hydrogen-bond donors (Lipinski definition) is 1. The second kappa shape index (κ2) is 12.0. The fourth-order valence-electron chi connectivity index (χ4n) is 4.21. The minimum atomic E-state index is -0.535. The van der Waals surface area contributed by atoms with Crippen LogP contribution in [0.5, 0.6) is 0 Å². The van der Waals surface area contributed by atoms with Gasteiger partial charge in [0.2, 0.25) is 11.8 Å². The molecule has 172 valence electrons.